The number of ether oxygens (including phenoxy) is 1. The lowest BCUT2D eigenvalue weighted by molar-refractivity contribution is -0.142. The van der Waals surface area contributed by atoms with Gasteiger partial charge in [0.1, 0.15) is 5.82 Å². The highest BCUT2D eigenvalue weighted by atomic mass is 19.1. The summed E-state index contributed by atoms with van der Waals surface area (Å²) < 4.78 is 17.9. The first-order valence-corrected chi connectivity index (χ1v) is 11.6. The van der Waals surface area contributed by atoms with Crippen molar-refractivity contribution in [3.8, 4) is 0 Å². The van der Waals surface area contributed by atoms with Gasteiger partial charge in [0.25, 0.3) is 5.91 Å². The summed E-state index contributed by atoms with van der Waals surface area (Å²) in [7, 11) is 0. The van der Waals surface area contributed by atoms with Crippen LogP contribution in [0.2, 0.25) is 0 Å². The van der Waals surface area contributed by atoms with E-state index in [1.165, 1.54) is 29.8 Å². The van der Waals surface area contributed by atoms with Gasteiger partial charge in [-0.3, -0.25) is 9.69 Å². The van der Waals surface area contributed by atoms with Gasteiger partial charge in [0, 0.05) is 50.2 Å². The number of piperazine rings is 1. The number of nitrogens with one attached hydrogen (secondary N) is 1. The minimum atomic E-state index is -0.647. The molecule has 180 valence electrons. The van der Waals surface area contributed by atoms with Gasteiger partial charge in [0.2, 0.25) is 0 Å². The Bertz CT molecular complexity index is 1140. The highest BCUT2D eigenvalue weighted by molar-refractivity contribution is 5.94. The maximum atomic E-state index is 12.9. The molecule has 1 saturated heterocycles. The molecule has 1 aliphatic heterocycles. The number of anilines is 2. The van der Waals surface area contributed by atoms with E-state index in [-0.39, 0.29) is 5.82 Å². The molecule has 0 atom stereocenters. The Balaban J connectivity index is 1.18. The van der Waals surface area contributed by atoms with Crippen LogP contribution in [0.4, 0.5) is 15.8 Å². The van der Waals surface area contributed by atoms with Gasteiger partial charge in [-0.05, 0) is 53.6 Å². The Morgan fingerprint density at radius 1 is 0.886 bits per heavy atom. The van der Waals surface area contributed by atoms with Crippen molar-refractivity contribution in [2.45, 2.75) is 6.54 Å². The van der Waals surface area contributed by atoms with E-state index in [0.717, 1.165) is 38.4 Å². The summed E-state index contributed by atoms with van der Waals surface area (Å²) in [6.07, 6.45) is 2.70. The number of rotatable bonds is 8. The quantitative estimate of drug-likeness (QED) is 0.390. The van der Waals surface area contributed by atoms with Crippen LogP contribution >= 0.6 is 0 Å². The van der Waals surface area contributed by atoms with Crippen LogP contribution in [-0.2, 0) is 20.9 Å². The number of carbonyl (C=O) groups is 2. The first-order chi connectivity index (χ1) is 17.0. The molecule has 1 aliphatic rings. The highest BCUT2D eigenvalue weighted by Crippen LogP contribution is 2.20. The molecule has 4 rings (SSSR count). The predicted octanol–water partition coefficient (Wildman–Crippen LogP) is 4.34. The Labute approximate surface area is 204 Å². The third kappa shape index (κ3) is 7.52. The van der Waals surface area contributed by atoms with Gasteiger partial charge in [-0.25, -0.2) is 9.18 Å². The second-order valence-electron chi connectivity index (χ2n) is 8.34. The summed E-state index contributed by atoms with van der Waals surface area (Å²) in [5.41, 5.74) is 3.74. The fourth-order valence-electron chi connectivity index (χ4n) is 3.88. The standard InChI is InChI=1S/C28H28FN3O3/c29-24-9-6-22(7-10-24)8-15-28(34)35-21-27(33)30-25-11-13-26(14-12-25)32-18-16-31(17-19-32)20-23-4-2-1-3-5-23/h1-15H,16-21H2,(H,30,33)/b15-8+. The molecule has 0 bridgehead atoms. The number of esters is 1. The third-order valence-electron chi connectivity index (χ3n) is 5.76. The Hall–Kier alpha value is -3.97. The molecule has 3 aromatic rings. The Morgan fingerprint density at radius 3 is 2.26 bits per heavy atom. The Morgan fingerprint density at radius 2 is 1.57 bits per heavy atom. The van der Waals surface area contributed by atoms with Crippen LogP contribution in [0.3, 0.4) is 0 Å². The van der Waals surface area contributed by atoms with Crippen molar-refractivity contribution in [1.82, 2.24) is 4.90 Å². The lowest BCUT2D eigenvalue weighted by Gasteiger charge is -2.36. The van der Waals surface area contributed by atoms with Crippen LogP contribution in [0.25, 0.3) is 6.08 Å². The van der Waals surface area contributed by atoms with Crippen LogP contribution in [-0.4, -0.2) is 49.6 Å². The minimum Gasteiger partial charge on any atom is -0.452 e. The van der Waals surface area contributed by atoms with E-state index < -0.39 is 18.5 Å². The molecule has 0 saturated carbocycles. The number of benzene rings is 3. The van der Waals surface area contributed by atoms with Gasteiger partial charge in [0.05, 0.1) is 0 Å². The largest absolute Gasteiger partial charge is 0.452 e. The molecule has 0 aromatic heterocycles. The average molecular weight is 474 g/mol. The topological polar surface area (TPSA) is 61.9 Å². The molecular formula is C28H28FN3O3. The molecule has 1 heterocycles. The Kier molecular flexibility index (Phi) is 8.25. The van der Waals surface area contributed by atoms with Crippen LogP contribution in [0.15, 0.2) is 84.9 Å². The second-order valence-corrected chi connectivity index (χ2v) is 8.34. The van der Waals surface area contributed by atoms with Crippen LogP contribution in [0.1, 0.15) is 11.1 Å². The molecule has 0 unspecified atom stereocenters. The monoisotopic (exact) mass is 473 g/mol. The van der Waals surface area contributed by atoms with Crippen molar-refractivity contribution >= 4 is 29.3 Å². The van der Waals surface area contributed by atoms with Crippen molar-refractivity contribution in [3.05, 3.63) is 102 Å². The molecular weight excluding hydrogens is 445 g/mol. The zero-order valence-electron chi connectivity index (χ0n) is 19.4. The molecule has 0 spiro atoms. The lowest BCUT2D eigenvalue weighted by Crippen LogP contribution is -2.45. The lowest BCUT2D eigenvalue weighted by atomic mass is 10.2. The summed E-state index contributed by atoms with van der Waals surface area (Å²) in [5, 5.41) is 2.73. The molecule has 1 amide bonds. The number of carbonyl (C=O) groups excluding carboxylic acids is 2. The first kappa shape index (κ1) is 24.2. The van der Waals surface area contributed by atoms with E-state index in [9.17, 15) is 14.0 Å². The number of nitrogens with zero attached hydrogens (tertiary/aromatic N) is 2. The van der Waals surface area contributed by atoms with Crippen molar-refractivity contribution in [2.24, 2.45) is 0 Å². The molecule has 7 heteroatoms. The summed E-state index contributed by atoms with van der Waals surface area (Å²) in [5.74, 6) is -1.42. The maximum Gasteiger partial charge on any atom is 0.331 e. The minimum absolute atomic E-state index is 0.351. The van der Waals surface area contributed by atoms with Gasteiger partial charge in [-0.15, -0.1) is 0 Å². The van der Waals surface area contributed by atoms with E-state index >= 15 is 0 Å². The number of amides is 1. The van der Waals surface area contributed by atoms with E-state index in [0.29, 0.717) is 11.3 Å². The maximum absolute atomic E-state index is 12.9. The van der Waals surface area contributed by atoms with Crippen LogP contribution in [0.5, 0.6) is 0 Å². The molecule has 0 radical (unpaired) electrons. The average Bonchev–Trinajstić information content (AvgIpc) is 2.89. The molecule has 6 nitrogen and oxygen atoms in total. The normalized spacial score (nSPS) is 14.1. The molecule has 0 aliphatic carbocycles. The van der Waals surface area contributed by atoms with Crippen molar-refractivity contribution in [3.63, 3.8) is 0 Å². The zero-order valence-corrected chi connectivity index (χ0v) is 19.4. The number of halogens is 1. The van der Waals surface area contributed by atoms with E-state index in [1.54, 1.807) is 12.1 Å². The summed E-state index contributed by atoms with van der Waals surface area (Å²) in [6, 6.07) is 23.9. The van der Waals surface area contributed by atoms with Gasteiger partial charge in [-0.1, -0.05) is 42.5 Å². The summed E-state index contributed by atoms with van der Waals surface area (Å²) >= 11 is 0. The van der Waals surface area contributed by atoms with E-state index in [4.69, 9.17) is 4.74 Å². The number of hydrogen-bond acceptors (Lipinski definition) is 5. The van der Waals surface area contributed by atoms with Crippen LogP contribution < -0.4 is 10.2 Å². The van der Waals surface area contributed by atoms with Crippen molar-refractivity contribution in [2.75, 3.05) is 43.0 Å². The molecule has 35 heavy (non-hydrogen) atoms. The fourth-order valence-corrected chi connectivity index (χ4v) is 3.88. The van der Waals surface area contributed by atoms with Crippen LogP contribution in [0, 0.1) is 5.82 Å². The predicted molar refractivity (Wildman–Crippen MR) is 135 cm³/mol. The molecule has 1 N–H and O–H groups in total. The van der Waals surface area contributed by atoms with E-state index in [1.807, 2.05) is 30.3 Å². The van der Waals surface area contributed by atoms with Gasteiger partial charge in [0.15, 0.2) is 6.61 Å². The molecule has 1 fully saturated rings. The third-order valence-corrected chi connectivity index (χ3v) is 5.76. The molecule has 3 aromatic carbocycles. The highest BCUT2D eigenvalue weighted by Gasteiger charge is 2.17. The summed E-state index contributed by atoms with van der Waals surface area (Å²) in [4.78, 5) is 28.7. The van der Waals surface area contributed by atoms with Gasteiger partial charge < -0.3 is 15.0 Å². The SMILES string of the molecule is O=C(COC(=O)/C=C/c1ccc(F)cc1)Nc1ccc(N2CCN(Cc3ccccc3)CC2)cc1. The second kappa shape index (κ2) is 11.9. The van der Waals surface area contributed by atoms with Gasteiger partial charge in [-0.2, -0.15) is 0 Å². The first-order valence-electron chi connectivity index (χ1n) is 11.6. The fraction of sp³-hybridized carbons (Fsp3) is 0.214. The number of hydrogen-bond donors (Lipinski definition) is 1. The summed E-state index contributed by atoms with van der Waals surface area (Å²) in [6.45, 7) is 4.45. The van der Waals surface area contributed by atoms with E-state index in [2.05, 4.69) is 39.4 Å². The van der Waals surface area contributed by atoms with Gasteiger partial charge >= 0.3 is 5.97 Å². The zero-order chi connectivity index (χ0) is 24.5. The smallest absolute Gasteiger partial charge is 0.331 e. The van der Waals surface area contributed by atoms with Crippen molar-refractivity contribution in [1.29, 1.82) is 0 Å². The van der Waals surface area contributed by atoms with Crippen molar-refractivity contribution < 1.29 is 18.7 Å².